The predicted octanol–water partition coefficient (Wildman–Crippen LogP) is 3.47. The molecule has 2 rings (SSSR count). The number of hydrogen-bond acceptors (Lipinski definition) is 2. The van der Waals surface area contributed by atoms with Gasteiger partial charge in [-0.1, -0.05) is 23.7 Å². The molecule has 18 heavy (non-hydrogen) atoms. The molecule has 1 aliphatic carbocycles. The Bertz CT molecular complexity index is 399. The van der Waals surface area contributed by atoms with Crippen LogP contribution in [0.1, 0.15) is 32.3 Å². The molecular formula is C15H23ClN2. The molecule has 2 N–H and O–H groups in total. The van der Waals surface area contributed by atoms with E-state index in [1.165, 1.54) is 24.1 Å². The molecule has 3 heteroatoms. The van der Waals surface area contributed by atoms with Gasteiger partial charge in [0.2, 0.25) is 0 Å². The summed E-state index contributed by atoms with van der Waals surface area (Å²) in [7, 11) is 0. The predicted molar refractivity (Wildman–Crippen MR) is 79.4 cm³/mol. The summed E-state index contributed by atoms with van der Waals surface area (Å²) in [6, 6.07) is 6.33. The van der Waals surface area contributed by atoms with Crippen LogP contribution in [-0.4, -0.2) is 19.1 Å². The number of nitrogens with zero attached hydrogens (tertiary/aromatic N) is 1. The minimum Gasteiger partial charge on any atom is -0.370 e. The van der Waals surface area contributed by atoms with Crippen LogP contribution in [0.5, 0.6) is 0 Å². The Hall–Kier alpha value is -0.730. The summed E-state index contributed by atoms with van der Waals surface area (Å²) in [5, 5.41) is 0.857. The Morgan fingerprint density at radius 2 is 2.17 bits per heavy atom. The van der Waals surface area contributed by atoms with Crippen LogP contribution in [0.2, 0.25) is 5.02 Å². The molecule has 1 aliphatic rings. The monoisotopic (exact) mass is 266 g/mol. The zero-order valence-electron chi connectivity index (χ0n) is 11.3. The van der Waals surface area contributed by atoms with Gasteiger partial charge in [-0.05, 0) is 50.7 Å². The van der Waals surface area contributed by atoms with E-state index in [0.29, 0.717) is 0 Å². The number of nitrogens with two attached hydrogens (primary N) is 1. The van der Waals surface area contributed by atoms with Gasteiger partial charge in [-0.3, -0.25) is 0 Å². The van der Waals surface area contributed by atoms with Gasteiger partial charge in [-0.15, -0.1) is 0 Å². The average Bonchev–Trinajstić information content (AvgIpc) is 3.10. The Morgan fingerprint density at radius 3 is 2.72 bits per heavy atom. The lowest BCUT2D eigenvalue weighted by atomic mass is 10.0. The topological polar surface area (TPSA) is 29.3 Å². The minimum atomic E-state index is 0.168. The van der Waals surface area contributed by atoms with Crippen molar-refractivity contribution in [2.45, 2.75) is 39.2 Å². The average molecular weight is 267 g/mol. The fourth-order valence-electron chi connectivity index (χ4n) is 2.42. The molecule has 0 bridgehead atoms. The van der Waals surface area contributed by atoms with Crippen molar-refractivity contribution < 1.29 is 0 Å². The molecule has 1 fully saturated rings. The maximum Gasteiger partial charge on any atom is 0.0642 e. The summed E-state index contributed by atoms with van der Waals surface area (Å²) in [4.78, 5) is 2.41. The van der Waals surface area contributed by atoms with Crippen LogP contribution in [0.4, 0.5) is 5.69 Å². The number of para-hydroxylation sites is 1. The van der Waals surface area contributed by atoms with Crippen LogP contribution in [-0.2, 0) is 6.42 Å². The van der Waals surface area contributed by atoms with E-state index in [9.17, 15) is 0 Å². The molecule has 0 radical (unpaired) electrons. The van der Waals surface area contributed by atoms with Gasteiger partial charge < -0.3 is 10.6 Å². The van der Waals surface area contributed by atoms with E-state index in [0.717, 1.165) is 30.5 Å². The summed E-state index contributed by atoms with van der Waals surface area (Å²) in [5.74, 6) is 0.865. The first-order valence-corrected chi connectivity index (χ1v) is 7.27. The zero-order valence-corrected chi connectivity index (χ0v) is 12.1. The molecule has 100 valence electrons. The lowest BCUT2D eigenvalue weighted by Crippen LogP contribution is -2.28. The first kappa shape index (κ1) is 13.7. The summed E-state index contributed by atoms with van der Waals surface area (Å²) in [5.41, 5.74) is 8.41. The fraction of sp³-hybridized carbons (Fsp3) is 0.600. The maximum atomic E-state index is 6.41. The van der Waals surface area contributed by atoms with Gasteiger partial charge in [0.1, 0.15) is 0 Å². The smallest absolute Gasteiger partial charge is 0.0642 e. The highest BCUT2D eigenvalue weighted by Gasteiger charge is 2.25. The number of rotatable bonds is 6. The van der Waals surface area contributed by atoms with E-state index in [1.807, 2.05) is 19.1 Å². The van der Waals surface area contributed by atoms with Crippen LogP contribution in [0.3, 0.4) is 0 Å². The lowest BCUT2D eigenvalue weighted by Gasteiger charge is -2.27. The van der Waals surface area contributed by atoms with E-state index < -0.39 is 0 Å². The van der Waals surface area contributed by atoms with Crippen LogP contribution in [0.15, 0.2) is 18.2 Å². The van der Waals surface area contributed by atoms with Crippen molar-refractivity contribution in [3.63, 3.8) is 0 Å². The van der Waals surface area contributed by atoms with Crippen molar-refractivity contribution in [1.29, 1.82) is 0 Å². The van der Waals surface area contributed by atoms with Gasteiger partial charge in [0.05, 0.1) is 10.7 Å². The van der Waals surface area contributed by atoms with E-state index in [2.05, 4.69) is 17.9 Å². The van der Waals surface area contributed by atoms with Crippen molar-refractivity contribution in [2.24, 2.45) is 11.7 Å². The molecule has 0 amide bonds. The van der Waals surface area contributed by atoms with Crippen LogP contribution >= 0.6 is 11.6 Å². The number of hydrogen-bond donors (Lipinski definition) is 1. The van der Waals surface area contributed by atoms with Crippen LogP contribution in [0.25, 0.3) is 0 Å². The Labute approximate surface area is 115 Å². The summed E-state index contributed by atoms with van der Waals surface area (Å²) < 4.78 is 0. The molecule has 0 saturated heterocycles. The number of halogens is 1. The molecule has 0 heterocycles. The quantitative estimate of drug-likeness (QED) is 0.854. The first-order chi connectivity index (χ1) is 8.61. The highest BCUT2D eigenvalue weighted by atomic mass is 35.5. The maximum absolute atomic E-state index is 6.41. The minimum absolute atomic E-state index is 0.168. The van der Waals surface area contributed by atoms with E-state index in [-0.39, 0.29) is 6.04 Å². The second-order valence-electron chi connectivity index (χ2n) is 5.41. The molecule has 0 aromatic heterocycles. The lowest BCUT2D eigenvalue weighted by molar-refractivity contribution is 0.713. The van der Waals surface area contributed by atoms with Gasteiger partial charge in [-0.25, -0.2) is 0 Å². The second kappa shape index (κ2) is 5.94. The van der Waals surface area contributed by atoms with Gasteiger partial charge in [0, 0.05) is 19.1 Å². The van der Waals surface area contributed by atoms with Gasteiger partial charge in [-0.2, -0.15) is 0 Å². The Kier molecular flexibility index (Phi) is 4.52. The Balaban J connectivity index is 2.26. The molecular weight excluding hydrogens is 244 g/mol. The standard InChI is InChI=1S/C15H23ClN2/c1-3-18(10-12-7-8-12)15-13(9-11(2)17)5-4-6-14(15)16/h4-6,11-12H,3,7-10,17H2,1-2H3. The van der Waals surface area contributed by atoms with Crippen molar-refractivity contribution in [3.8, 4) is 0 Å². The fourth-order valence-corrected chi connectivity index (χ4v) is 2.73. The van der Waals surface area contributed by atoms with E-state index >= 15 is 0 Å². The summed E-state index contributed by atoms with van der Waals surface area (Å²) in [6.07, 6.45) is 3.62. The molecule has 1 aromatic carbocycles. The molecule has 1 aromatic rings. The summed E-state index contributed by atoms with van der Waals surface area (Å²) in [6.45, 7) is 6.38. The van der Waals surface area contributed by atoms with E-state index in [1.54, 1.807) is 0 Å². The summed E-state index contributed by atoms with van der Waals surface area (Å²) >= 11 is 6.41. The molecule has 1 atom stereocenters. The third kappa shape index (κ3) is 3.39. The highest BCUT2D eigenvalue weighted by molar-refractivity contribution is 6.33. The third-order valence-corrected chi connectivity index (χ3v) is 3.79. The molecule has 1 unspecified atom stereocenters. The van der Waals surface area contributed by atoms with Crippen molar-refractivity contribution >= 4 is 17.3 Å². The largest absolute Gasteiger partial charge is 0.370 e. The Morgan fingerprint density at radius 1 is 1.44 bits per heavy atom. The second-order valence-corrected chi connectivity index (χ2v) is 5.82. The van der Waals surface area contributed by atoms with Crippen molar-refractivity contribution in [1.82, 2.24) is 0 Å². The molecule has 0 spiro atoms. The molecule has 1 saturated carbocycles. The number of benzene rings is 1. The molecule has 2 nitrogen and oxygen atoms in total. The first-order valence-electron chi connectivity index (χ1n) is 6.89. The third-order valence-electron chi connectivity index (χ3n) is 3.49. The zero-order chi connectivity index (χ0) is 13.1. The van der Waals surface area contributed by atoms with E-state index in [4.69, 9.17) is 17.3 Å². The SMILES string of the molecule is CCN(CC1CC1)c1c(Cl)cccc1CC(C)N. The van der Waals surface area contributed by atoms with Gasteiger partial charge in [0.25, 0.3) is 0 Å². The van der Waals surface area contributed by atoms with Crippen LogP contribution in [0, 0.1) is 5.92 Å². The highest BCUT2D eigenvalue weighted by Crippen LogP contribution is 2.35. The van der Waals surface area contributed by atoms with Crippen molar-refractivity contribution in [3.05, 3.63) is 28.8 Å². The normalized spacial score (nSPS) is 16.7. The van der Waals surface area contributed by atoms with Gasteiger partial charge >= 0.3 is 0 Å². The number of anilines is 1. The molecule has 0 aliphatic heterocycles. The van der Waals surface area contributed by atoms with Gasteiger partial charge in [0.15, 0.2) is 0 Å². The van der Waals surface area contributed by atoms with Crippen LogP contribution < -0.4 is 10.6 Å². The van der Waals surface area contributed by atoms with Crippen molar-refractivity contribution in [2.75, 3.05) is 18.0 Å².